The molecule has 0 amide bonds. The van der Waals surface area contributed by atoms with Crippen LogP contribution in [0.3, 0.4) is 0 Å². The lowest BCUT2D eigenvalue weighted by molar-refractivity contribution is 0.0904. The highest BCUT2D eigenvalue weighted by Gasteiger charge is 2.25. The predicted octanol–water partition coefficient (Wildman–Crippen LogP) is 4.80. The molecular weight excluding hydrogens is 264 g/mol. The number of halogens is 1. The van der Waals surface area contributed by atoms with Crippen molar-refractivity contribution < 1.29 is 4.74 Å². The van der Waals surface area contributed by atoms with Crippen LogP contribution in [0.4, 0.5) is 0 Å². The molecule has 0 saturated heterocycles. The summed E-state index contributed by atoms with van der Waals surface area (Å²) in [6.07, 6.45) is 6.91. The molecule has 1 aliphatic carbocycles. The monoisotopic (exact) mass is 282 g/mol. The van der Waals surface area contributed by atoms with Gasteiger partial charge in [0.1, 0.15) is 11.9 Å². The molecule has 0 bridgehead atoms. The summed E-state index contributed by atoms with van der Waals surface area (Å²) in [5.41, 5.74) is 0. The smallest absolute Gasteiger partial charge is 0.119 e. The second-order valence-corrected chi connectivity index (χ2v) is 5.48. The molecule has 2 rings (SSSR count). The van der Waals surface area contributed by atoms with E-state index in [9.17, 15) is 0 Å². The quantitative estimate of drug-likeness (QED) is 0.774. The van der Waals surface area contributed by atoms with Gasteiger partial charge in [0.05, 0.1) is 0 Å². The Morgan fingerprint density at radius 3 is 2.56 bits per heavy atom. The van der Waals surface area contributed by atoms with Crippen LogP contribution in [0.1, 0.15) is 39.0 Å². The Morgan fingerprint density at radius 1 is 1.19 bits per heavy atom. The van der Waals surface area contributed by atoms with Crippen LogP contribution < -0.4 is 4.74 Å². The highest BCUT2D eigenvalue weighted by molar-refractivity contribution is 9.10. The molecule has 16 heavy (non-hydrogen) atoms. The zero-order chi connectivity index (χ0) is 11.4. The number of hydrogen-bond acceptors (Lipinski definition) is 1. The molecule has 0 N–H and O–H groups in total. The summed E-state index contributed by atoms with van der Waals surface area (Å²) in [7, 11) is 0. The molecule has 1 aliphatic rings. The van der Waals surface area contributed by atoms with E-state index in [4.69, 9.17) is 4.74 Å². The van der Waals surface area contributed by atoms with Crippen LogP contribution in [0.5, 0.6) is 5.75 Å². The first kappa shape index (κ1) is 12.0. The summed E-state index contributed by atoms with van der Waals surface area (Å²) in [5.74, 6) is 1.76. The van der Waals surface area contributed by atoms with Crippen molar-refractivity contribution in [2.45, 2.75) is 45.1 Å². The molecule has 2 atom stereocenters. The SMILES string of the molecule is CCC1CCCCC1Oc1ccc(Br)cc1. The fourth-order valence-electron chi connectivity index (χ4n) is 2.48. The van der Waals surface area contributed by atoms with Crippen LogP contribution in [-0.2, 0) is 0 Å². The molecule has 2 unspecified atom stereocenters. The zero-order valence-electron chi connectivity index (χ0n) is 9.79. The van der Waals surface area contributed by atoms with E-state index in [1.807, 2.05) is 24.3 Å². The fraction of sp³-hybridized carbons (Fsp3) is 0.571. The van der Waals surface area contributed by atoms with E-state index in [1.54, 1.807) is 0 Å². The highest BCUT2D eigenvalue weighted by atomic mass is 79.9. The second-order valence-electron chi connectivity index (χ2n) is 4.56. The van der Waals surface area contributed by atoms with Gasteiger partial charge in [-0.05, 0) is 55.9 Å². The van der Waals surface area contributed by atoms with Crippen molar-refractivity contribution in [3.63, 3.8) is 0 Å². The van der Waals surface area contributed by atoms with E-state index in [0.29, 0.717) is 6.10 Å². The van der Waals surface area contributed by atoms with E-state index in [2.05, 4.69) is 22.9 Å². The first-order chi connectivity index (χ1) is 7.79. The molecule has 1 aromatic rings. The van der Waals surface area contributed by atoms with Gasteiger partial charge in [0.15, 0.2) is 0 Å². The molecule has 1 fully saturated rings. The summed E-state index contributed by atoms with van der Waals surface area (Å²) >= 11 is 3.44. The molecule has 2 heteroatoms. The lowest BCUT2D eigenvalue weighted by atomic mass is 9.85. The number of hydrogen-bond donors (Lipinski definition) is 0. The number of rotatable bonds is 3. The van der Waals surface area contributed by atoms with Crippen LogP contribution in [-0.4, -0.2) is 6.10 Å². The molecular formula is C14H19BrO. The zero-order valence-corrected chi connectivity index (χ0v) is 11.4. The fourth-order valence-corrected chi connectivity index (χ4v) is 2.75. The Labute approximate surface area is 106 Å². The molecule has 1 aromatic carbocycles. The number of benzene rings is 1. The molecule has 0 radical (unpaired) electrons. The summed E-state index contributed by atoms with van der Waals surface area (Å²) in [5, 5.41) is 0. The van der Waals surface area contributed by atoms with Gasteiger partial charge in [0, 0.05) is 4.47 Å². The molecule has 0 heterocycles. The summed E-state index contributed by atoms with van der Waals surface area (Å²) in [6.45, 7) is 2.27. The summed E-state index contributed by atoms with van der Waals surface area (Å²) in [4.78, 5) is 0. The molecule has 1 saturated carbocycles. The van der Waals surface area contributed by atoms with Gasteiger partial charge in [-0.15, -0.1) is 0 Å². The van der Waals surface area contributed by atoms with Gasteiger partial charge in [0.25, 0.3) is 0 Å². The predicted molar refractivity (Wildman–Crippen MR) is 70.8 cm³/mol. The van der Waals surface area contributed by atoms with E-state index in [-0.39, 0.29) is 0 Å². The van der Waals surface area contributed by atoms with E-state index < -0.39 is 0 Å². The summed E-state index contributed by atoms with van der Waals surface area (Å²) < 4.78 is 7.20. The van der Waals surface area contributed by atoms with Crippen molar-refractivity contribution in [1.82, 2.24) is 0 Å². The van der Waals surface area contributed by atoms with E-state index >= 15 is 0 Å². The average Bonchev–Trinajstić information content (AvgIpc) is 2.33. The Hall–Kier alpha value is -0.500. The average molecular weight is 283 g/mol. The topological polar surface area (TPSA) is 9.23 Å². The van der Waals surface area contributed by atoms with Crippen molar-refractivity contribution in [1.29, 1.82) is 0 Å². The van der Waals surface area contributed by atoms with Gasteiger partial charge in [-0.1, -0.05) is 29.3 Å². The third-order valence-electron chi connectivity index (χ3n) is 3.46. The van der Waals surface area contributed by atoms with Gasteiger partial charge in [0.2, 0.25) is 0 Å². The third kappa shape index (κ3) is 3.00. The van der Waals surface area contributed by atoms with Gasteiger partial charge in [-0.3, -0.25) is 0 Å². The van der Waals surface area contributed by atoms with E-state index in [0.717, 1.165) is 16.1 Å². The van der Waals surface area contributed by atoms with Crippen molar-refractivity contribution in [3.8, 4) is 5.75 Å². The largest absolute Gasteiger partial charge is 0.490 e. The minimum absolute atomic E-state index is 0.430. The molecule has 88 valence electrons. The Kier molecular flexibility index (Phi) is 4.28. The van der Waals surface area contributed by atoms with Crippen LogP contribution in [0, 0.1) is 5.92 Å². The van der Waals surface area contributed by atoms with Crippen molar-refractivity contribution in [2.75, 3.05) is 0 Å². The second kappa shape index (κ2) is 5.72. The molecule has 0 spiro atoms. The summed E-state index contributed by atoms with van der Waals surface area (Å²) in [6, 6.07) is 8.18. The molecule has 0 aliphatic heterocycles. The van der Waals surface area contributed by atoms with Crippen LogP contribution in [0.2, 0.25) is 0 Å². The van der Waals surface area contributed by atoms with Gasteiger partial charge < -0.3 is 4.74 Å². The number of ether oxygens (including phenoxy) is 1. The maximum absolute atomic E-state index is 6.09. The van der Waals surface area contributed by atoms with Crippen LogP contribution in [0.25, 0.3) is 0 Å². The van der Waals surface area contributed by atoms with E-state index in [1.165, 1.54) is 32.1 Å². The lowest BCUT2D eigenvalue weighted by Crippen LogP contribution is -2.29. The minimum Gasteiger partial charge on any atom is -0.490 e. The van der Waals surface area contributed by atoms with Crippen molar-refractivity contribution in [2.24, 2.45) is 5.92 Å². The van der Waals surface area contributed by atoms with Gasteiger partial charge >= 0.3 is 0 Å². The first-order valence-electron chi connectivity index (χ1n) is 6.22. The van der Waals surface area contributed by atoms with Crippen molar-refractivity contribution >= 4 is 15.9 Å². The maximum atomic E-state index is 6.09. The molecule has 0 aromatic heterocycles. The minimum atomic E-state index is 0.430. The third-order valence-corrected chi connectivity index (χ3v) is 3.99. The normalized spacial score (nSPS) is 25.4. The van der Waals surface area contributed by atoms with Gasteiger partial charge in [-0.2, -0.15) is 0 Å². The molecule has 1 nitrogen and oxygen atoms in total. The Bertz CT molecular complexity index is 320. The van der Waals surface area contributed by atoms with Gasteiger partial charge in [-0.25, -0.2) is 0 Å². The van der Waals surface area contributed by atoms with Crippen LogP contribution in [0.15, 0.2) is 28.7 Å². The lowest BCUT2D eigenvalue weighted by Gasteiger charge is -2.31. The highest BCUT2D eigenvalue weighted by Crippen LogP contribution is 2.30. The van der Waals surface area contributed by atoms with Crippen molar-refractivity contribution in [3.05, 3.63) is 28.7 Å². The Balaban J connectivity index is 1.99. The van der Waals surface area contributed by atoms with Crippen LogP contribution >= 0.6 is 15.9 Å². The maximum Gasteiger partial charge on any atom is 0.119 e. The Morgan fingerprint density at radius 2 is 1.88 bits per heavy atom. The first-order valence-corrected chi connectivity index (χ1v) is 7.01. The standard InChI is InChI=1S/C14H19BrO/c1-2-11-5-3-4-6-14(11)16-13-9-7-12(15)8-10-13/h7-11,14H,2-6H2,1H3.